The molecule has 1 fully saturated rings. The molecule has 1 saturated carbocycles. The summed E-state index contributed by atoms with van der Waals surface area (Å²) in [5.41, 5.74) is 0. The average molecular weight is 261 g/mol. The van der Waals surface area contributed by atoms with Gasteiger partial charge in [-0.1, -0.05) is 13.3 Å². The van der Waals surface area contributed by atoms with Crippen molar-refractivity contribution in [1.29, 1.82) is 0 Å². The molecular formula is C13H27NO2S. The molecule has 1 aliphatic carbocycles. The molecule has 0 spiro atoms. The van der Waals surface area contributed by atoms with Crippen LogP contribution in [-0.4, -0.2) is 32.0 Å². The Morgan fingerprint density at radius 1 is 1.18 bits per heavy atom. The van der Waals surface area contributed by atoms with Gasteiger partial charge in [0.2, 0.25) is 0 Å². The molecule has 0 heterocycles. The van der Waals surface area contributed by atoms with Crippen molar-refractivity contribution in [3.8, 4) is 0 Å². The van der Waals surface area contributed by atoms with Crippen LogP contribution in [0.4, 0.5) is 0 Å². The molecule has 0 unspecified atom stereocenters. The minimum absolute atomic E-state index is 0.250. The topological polar surface area (TPSA) is 46.2 Å². The second-order valence-electron chi connectivity index (χ2n) is 5.50. The van der Waals surface area contributed by atoms with Crippen LogP contribution in [0.5, 0.6) is 0 Å². The van der Waals surface area contributed by atoms with Crippen LogP contribution >= 0.6 is 0 Å². The smallest absolute Gasteiger partial charge is 0.153 e. The molecule has 0 aromatic carbocycles. The van der Waals surface area contributed by atoms with Crippen LogP contribution in [0.1, 0.15) is 52.9 Å². The van der Waals surface area contributed by atoms with Crippen molar-refractivity contribution >= 4 is 9.84 Å². The summed E-state index contributed by atoms with van der Waals surface area (Å²) in [5, 5.41) is 3.15. The molecule has 1 N–H and O–H groups in total. The number of sulfone groups is 1. The van der Waals surface area contributed by atoms with E-state index in [1.165, 1.54) is 32.1 Å². The van der Waals surface area contributed by atoms with Crippen LogP contribution < -0.4 is 5.32 Å². The normalized spacial score (nSPS) is 26.4. The highest BCUT2D eigenvalue weighted by molar-refractivity contribution is 7.92. The minimum Gasteiger partial charge on any atom is -0.313 e. The van der Waals surface area contributed by atoms with E-state index >= 15 is 0 Å². The summed E-state index contributed by atoms with van der Waals surface area (Å²) >= 11 is 0. The summed E-state index contributed by atoms with van der Waals surface area (Å²) in [6.07, 6.45) is 6.30. The van der Waals surface area contributed by atoms with Crippen LogP contribution in [0.25, 0.3) is 0 Å². The van der Waals surface area contributed by atoms with E-state index in [-0.39, 0.29) is 11.0 Å². The lowest BCUT2D eigenvalue weighted by Crippen LogP contribution is -2.37. The van der Waals surface area contributed by atoms with Crippen LogP contribution in [0, 0.1) is 5.92 Å². The average Bonchev–Trinajstić information content (AvgIpc) is 2.29. The molecular weight excluding hydrogens is 234 g/mol. The van der Waals surface area contributed by atoms with E-state index in [0.29, 0.717) is 12.6 Å². The summed E-state index contributed by atoms with van der Waals surface area (Å²) in [7, 11) is -2.88. The van der Waals surface area contributed by atoms with Gasteiger partial charge in [0.1, 0.15) is 0 Å². The zero-order valence-corrected chi connectivity index (χ0v) is 12.2. The van der Waals surface area contributed by atoms with Crippen molar-refractivity contribution in [2.45, 2.75) is 64.2 Å². The van der Waals surface area contributed by atoms with E-state index in [2.05, 4.69) is 12.2 Å². The molecule has 3 nitrogen and oxygen atoms in total. The van der Waals surface area contributed by atoms with Gasteiger partial charge in [-0.05, 0) is 45.4 Å². The van der Waals surface area contributed by atoms with Crippen molar-refractivity contribution in [2.24, 2.45) is 5.92 Å². The van der Waals surface area contributed by atoms with E-state index in [0.717, 1.165) is 5.92 Å². The maximum absolute atomic E-state index is 11.6. The second-order valence-corrected chi connectivity index (χ2v) is 8.17. The summed E-state index contributed by atoms with van der Waals surface area (Å²) in [6, 6.07) is 0.542. The third-order valence-corrected chi connectivity index (χ3v) is 6.17. The summed E-state index contributed by atoms with van der Waals surface area (Å²) in [6.45, 7) is 6.37. The lowest BCUT2D eigenvalue weighted by atomic mass is 9.84. The van der Waals surface area contributed by atoms with Crippen LogP contribution in [0.2, 0.25) is 0 Å². The zero-order chi connectivity index (χ0) is 12.9. The lowest BCUT2D eigenvalue weighted by Gasteiger charge is -2.28. The quantitative estimate of drug-likeness (QED) is 0.798. The monoisotopic (exact) mass is 261 g/mol. The van der Waals surface area contributed by atoms with Crippen molar-refractivity contribution in [2.75, 3.05) is 12.3 Å². The molecule has 0 radical (unpaired) electrons. The Kier molecular flexibility index (Phi) is 5.93. The van der Waals surface area contributed by atoms with Crippen molar-refractivity contribution in [1.82, 2.24) is 5.32 Å². The standard InChI is InChI=1S/C13H27NO2S/c1-4-12-5-7-13(8-6-12)14-9-10-17(15,16)11(2)3/h11-14H,4-10H2,1-3H3. The first-order chi connectivity index (χ1) is 7.95. The third kappa shape index (κ3) is 4.96. The molecule has 4 heteroatoms. The van der Waals surface area contributed by atoms with Gasteiger partial charge in [-0.15, -0.1) is 0 Å². The maximum atomic E-state index is 11.6. The Hall–Kier alpha value is -0.0900. The van der Waals surface area contributed by atoms with Gasteiger partial charge in [0.05, 0.1) is 11.0 Å². The van der Waals surface area contributed by atoms with Crippen LogP contribution in [0.3, 0.4) is 0 Å². The molecule has 0 aromatic heterocycles. The first-order valence-electron chi connectivity index (χ1n) is 6.90. The molecule has 102 valence electrons. The number of rotatable bonds is 6. The van der Waals surface area contributed by atoms with Gasteiger partial charge >= 0.3 is 0 Å². The first-order valence-corrected chi connectivity index (χ1v) is 8.62. The molecule has 0 aliphatic heterocycles. The van der Waals surface area contributed by atoms with Gasteiger partial charge in [-0.3, -0.25) is 0 Å². The number of nitrogens with one attached hydrogen (secondary N) is 1. The Labute approximate surface area is 106 Å². The van der Waals surface area contributed by atoms with Crippen molar-refractivity contribution in [3.05, 3.63) is 0 Å². The van der Waals surface area contributed by atoms with Crippen LogP contribution in [0.15, 0.2) is 0 Å². The highest BCUT2D eigenvalue weighted by Gasteiger charge is 2.21. The molecule has 0 bridgehead atoms. The molecule has 1 rings (SSSR count). The zero-order valence-electron chi connectivity index (χ0n) is 11.4. The predicted octanol–water partition coefficient (Wildman–Crippen LogP) is 2.37. The Morgan fingerprint density at radius 2 is 1.76 bits per heavy atom. The van der Waals surface area contributed by atoms with Gasteiger partial charge in [0.15, 0.2) is 9.84 Å². The number of hydrogen-bond acceptors (Lipinski definition) is 3. The fourth-order valence-electron chi connectivity index (χ4n) is 2.42. The highest BCUT2D eigenvalue weighted by atomic mass is 32.2. The molecule has 1 aliphatic rings. The molecule has 0 amide bonds. The SMILES string of the molecule is CCC1CCC(NCCS(=O)(=O)C(C)C)CC1. The van der Waals surface area contributed by atoms with Gasteiger partial charge in [-0.25, -0.2) is 8.42 Å². The fraction of sp³-hybridized carbons (Fsp3) is 1.00. The minimum atomic E-state index is -2.88. The van der Waals surface area contributed by atoms with E-state index in [4.69, 9.17) is 0 Å². The van der Waals surface area contributed by atoms with Crippen LogP contribution in [-0.2, 0) is 9.84 Å². The van der Waals surface area contributed by atoms with Gasteiger partial charge in [-0.2, -0.15) is 0 Å². The van der Waals surface area contributed by atoms with Gasteiger partial charge in [0, 0.05) is 12.6 Å². The highest BCUT2D eigenvalue weighted by Crippen LogP contribution is 2.26. The first kappa shape index (κ1) is 15.0. The van der Waals surface area contributed by atoms with Gasteiger partial charge < -0.3 is 5.32 Å². The Bertz CT molecular complexity index is 303. The van der Waals surface area contributed by atoms with Gasteiger partial charge in [0.25, 0.3) is 0 Å². The molecule has 0 aromatic rings. The van der Waals surface area contributed by atoms with E-state index in [1.54, 1.807) is 13.8 Å². The summed E-state index contributed by atoms with van der Waals surface area (Å²) in [5.74, 6) is 1.17. The van der Waals surface area contributed by atoms with Crippen molar-refractivity contribution < 1.29 is 8.42 Å². The van der Waals surface area contributed by atoms with E-state index in [1.807, 2.05) is 0 Å². The second kappa shape index (κ2) is 6.74. The fourth-order valence-corrected chi connectivity index (χ4v) is 3.29. The molecule has 0 atom stereocenters. The Balaban J connectivity index is 2.20. The van der Waals surface area contributed by atoms with E-state index < -0.39 is 9.84 Å². The maximum Gasteiger partial charge on any atom is 0.153 e. The van der Waals surface area contributed by atoms with Crippen molar-refractivity contribution in [3.63, 3.8) is 0 Å². The Morgan fingerprint density at radius 3 is 2.24 bits per heavy atom. The molecule has 17 heavy (non-hydrogen) atoms. The number of hydrogen-bond donors (Lipinski definition) is 1. The summed E-state index contributed by atoms with van der Waals surface area (Å²) < 4.78 is 23.3. The molecule has 0 saturated heterocycles. The third-order valence-electron chi connectivity index (χ3n) is 3.96. The summed E-state index contributed by atoms with van der Waals surface area (Å²) in [4.78, 5) is 0. The lowest BCUT2D eigenvalue weighted by molar-refractivity contribution is 0.289. The predicted molar refractivity (Wildman–Crippen MR) is 73.0 cm³/mol. The van der Waals surface area contributed by atoms with E-state index in [9.17, 15) is 8.42 Å². The largest absolute Gasteiger partial charge is 0.313 e.